The van der Waals surface area contributed by atoms with Gasteiger partial charge in [-0.1, -0.05) is 12.1 Å². The summed E-state index contributed by atoms with van der Waals surface area (Å²) in [7, 11) is -3.32. The molecule has 2 N–H and O–H groups in total. The van der Waals surface area contributed by atoms with E-state index in [4.69, 9.17) is 19.3 Å². The Kier molecular flexibility index (Phi) is 6.82. The van der Waals surface area contributed by atoms with Gasteiger partial charge in [-0.05, 0) is 63.9 Å². The molecule has 0 bridgehead atoms. The lowest BCUT2D eigenvalue weighted by atomic mass is 10.1. The molecule has 2 atom stereocenters. The van der Waals surface area contributed by atoms with E-state index >= 15 is 0 Å². The van der Waals surface area contributed by atoms with Crippen LogP contribution in [0.5, 0.6) is 5.75 Å². The standard InChI is InChI=1S/C16H31NO3Si2/c1-8-18-16(17)15(20-22(5,6)7)13-9-11-14(12-10-13)19-21(2,3)4/h9-12,15-16H,8,17H2,1-7H3. The first kappa shape index (κ1) is 19.4. The highest BCUT2D eigenvalue weighted by molar-refractivity contribution is 6.70. The molecule has 0 saturated heterocycles. The summed E-state index contributed by atoms with van der Waals surface area (Å²) in [6, 6.07) is 8.04. The Hall–Kier alpha value is -0.666. The molecule has 0 radical (unpaired) electrons. The number of benzene rings is 1. The van der Waals surface area contributed by atoms with Gasteiger partial charge in [-0.3, -0.25) is 0 Å². The number of nitrogens with two attached hydrogens (primary N) is 1. The zero-order valence-corrected chi connectivity index (χ0v) is 17.0. The largest absolute Gasteiger partial charge is 0.544 e. The van der Waals surface area contributed by atoms with Crippen LogP contribution >= 0.6 is 0 Å². The van der Waals surface area contributed by atoms with Crippen molar-refractivity contribution in [2.24, 2.45) is 5.73 Å². The van der Waals surface area contributed by atoms with Gasteiger partial charge in [0.2, 0.25) is 8.32 Å². The van der Waals surface area contributed by atoms with E-state index in [0.29, 0.717) is 6.61 Å². The Balaban J connectivity index is 2.94. The summed E-state index contributed by atoms with van der Waals surface area (Å²) in [5.41, 5.74) is 7.19. The minimum absolute atomic E-state index is 0.243. The SMILES string of the molecule is CCOC(N)C(O[Si](C)(C)C)c1ccc(O[Si](C)(C)C)cc1. The summed E-state index contributed by atoms with van der Waals surface area (Å²) in [6.45, 7) is 15.5. The van der Waals surface area contributed by atoms with Crippen LogP contribution in [0, 0.1) is 0 Å². The number of ether oxygens (including phenoxy) is 1. The second kappa shape index (κ2) is 7.74. The smallest absolute Gasteiger partial charge is 0.242 e. The van der Waals surface area contributed by atoms with Crippen LogP contribution in [0.2, 0.25) is 39.3 Å². The van der Waals surface area contributed by atoms with E-state index in [9.17, 15) is 0 Å². The van der Waals surface area contributed by atoms with Crippen molar-refractivity contribution in [3.05, 3.63) is 29.8 Å². The lowest BCUT2D eigenvalue weighted by molar-refractivity contribution is -0.0214. The first-order chi connectivity index (χ1) is 10.0. The molecule has 1 aromatic rings. The van der Waals surface area contributed by atoms with Gasteiger partial charge in [0.1, 0.15) is 18.1 Å². The van der Waals surface area contributed by atoms with E-state index in [0.717, 1.165) is 11.3 Å². The number of hydrogen-bond donors (Lipinski definition) is 1. The van der Waals surface area contributed by atoms with Crippen LogP contribution in [0.1, 0.15) is 18.6 Å². The molecule has 4 nitrogen and oxygen atoms in total. The van der Waals surface area contributed by atoms with Crippen LogP contribution in [0.25, 0.3) is 0 Å². The molecule has 1 aromatic carbocycles. The minimum Gasteiger partial charge on any atom is -0.544 e. The first-order valence-electron chi connectivity index (χ1n) is 7.86. The fourth-order valence-electron chi connectivity index (χ4n) is 2.06. The molecule has 0 aliphatic rings. The molecule has 22 heavy (non-hydrogen) atoms. The number of rotatable bonds is 8. The van der Waals surface area contributed by atoms with Crippen LogP contribution in [0.4, 0.5) is 0 Å². The molecule has 0 amide bonds. The topological polar surface area (TPSA) is 53.7 Å². The van der Waals surface area contributed by atoms with Gasteiger partial charge in [0.05, 0.1) is 0 Å². The van der Waals surface area contributed by atoms with E-state index < -0.39 is 22.9 Å². The van der Waals surface area contributed by atoms with Crippen LogP contribution in [-0.2, 0) is 9.16 Å². The molecular weight excluding hydrogens is 310 g/mol. The second-order valence-electron chi connectivity index (χ2n) is 7.35. The second-order valence-corrected chi connectivity index (χ2v) is 16.2. The average molecular weight is 342 g/mol. The molecule has 126 valence electrons. The third kappa shape index (κ3) is 7.06. The lowest BCUT2D eigenvalue weighted by Crippen LogP contribution is -2.39. The first-order valence-corrected chi connectivity index (χ1v) is 14.7. The lowest BCUT2D eigenvalue weighted by Gasteiger charge is -2.31. The predicted octanol–water partition coefficient (Wildman–Crippen LogP) is 4.11. The molecule has 0 fully saturated rings. The van der Waals surface area contributed by atoms with Crippen LogP contribution in [0.3, 0.4) is 0 Å². The van der Waals surface area contributed by atoms with E-state index in [1.807, 2.05) is 31.2 Å². The summed E-state index contributed by atoms with van der Waals surface area (Å²) < 4.78 is 17.8. The average Bonchev–Trinajstić information content (AvgIpc) is 2.34. The molecule has 0 aliphatic carbocycles. The molecule has 0 spiro atoms. The predicted molar refractivity (Wildman–Crippen MR) is 97.2 cm³/mol. The van der Waals surface area contributed by atoms with Crippen molar-refractivity contribution in [3.8, 4) is 5.75 Å². The maximum absolute atomic E-state index is 6.24. The molecule has 1 rings (SSSR count). The van der Waals surface area contributed by atoms with Crippen molar-refractivity contribution < 1.29 is 13.6 Å². The Morgan fingerprint density at radius 3 is 1.91 bits per heavy atom. The van der Waals surface area contributed by atoms with E-state index in [1.54, 1.807) is 0 Å². The molecule has 2 unspecified atom stereocenters. The molecule has 0 saturated carbocycles. The quantitative estimate of drug-likeness (QED) is 0.571. The van der Waals surface area contributed by atoms with Gasteiger partial charge in [-0.2, -0.15) is 0 Å². The highest BCUT2D eigenvalue weighted by Gasteiger charge is 2.28. The molecule has 6 heteroatoms. The van der Waals surface area contributed by atoms with Gasteiger partial charge in [0, 0.05) is 6.61 Å². The van der Waals surface area contributed by atoms with Crippen LogP contribution in [-0.4, -0.2) is 29.5 Å². The van der Waals surface area contributed by atoms with Gasteiger partial charge >= 0.3 is 0 Å². The molecule has 0 aliphatic heterocycles. The monoisotopic (exact) mass is 341 g/mol. The summed E-state index contributed by atoms with van der Waals surface area (Å²) in [6.07, 6.45) is -0.701. The van der Waals surface area contributed by atoms with Gasteiger partial charge in [0.15, 0.2) is 8.32 Å². The summed E-state index contributed by atoms with van der Waals surface area (Å²) in [4.78, 5) is 0. The normalized spacial score (nSPS) is 15.5. The van der Waals surface area contributed by atoms with Gasteiger partial charge in [-0.25, -0.2) is 0 Å². The Morgan fingerprint density at radius 2 is 1.50 bits per heavy atom. The molecule has 0 heterocycles. The Labute approximate surface area is 137 Å². The number of hydrogen-bond acceptors (Lipinski definition) is 4. The zero-order chi connectivity index (χ0) is 17.0. The molecular formula is C16H31NO3Si2. The summed E-state index contributed by atoms with van der Waals surface area (Å²) >= 11 is 0. The Bertz CT molecular complexity index is 452. The maximum atomic E-state index is 6.24. The third-order valence-corrected chi connectivity index (χ3v) is 4.58. The highest BCUT2D eigenvalue weighted by atomic mass is 28.4. The van der Waals surface area contributed by atoms with Crippen LogP contribution < -0.4 is 10.2 Å². The van der Waals surface area contributed by atoms with Crippen molar-refractivity contribution in [1.29, 1.82) is 0 Å². The van der Waals surface area contributed by atoms with E-state index in [-0.39, 0.29) is 6.10 Å². The third-order valence-electron chi connectivity index (χ3n) is 2.77. The maximum Gasteiger partial charge on any atom is 0.242 e. The van der Waals surface area contributed by atoms with Gasteiger partial charge in [0.25, 0.3) is 0 Å². The van der Waals surface area contributed by atoms with Crippen molar-refractivity contribution in [1.82, 2.24) is 0 Å². The highest BCUT2D eigenvalue weighted by Crippen LogP contribution is 2.27. The van der Waals surface area contributed by atoms with Gasteiger partial charge < -0.3 is 19.3 Å². The molecule has 0 aromatic heterocycles. The fraction of sp³-hybridized carbons (Fsp3) is 0.625. The zero-order valence-electron chi connectivity index (χ0n) is 15.0. The minimum atomic E-state index is -1.73. The van der Waals surface area contributed by atoms with Crippen molar-refractivity contribution in [2.75, 3.05) is 6.61 Å². The van der Waals surface area contributed by atoms with E-state index in [1.165, 1.54) is 0 Å². The van der Waals surface area contributed by atoms with Crippen LogP contribution in [0.15, 0.2) is 24.3 Å². The summed E-state index contributed by atoms with van der Waals surface area (Å²) in [5, 5.41) is 0. The Morgan fingerprint density at radius 1 is 0.955 bits per heavy atom. The van der Waals surface area contributed by atoms with Crippen molar-refractivity contribution >= 4 is 16.6 Å². The summed E-state index contributed by atoms with van der Waals surface area (Å²) in [5.74, 6) is 0.902. The van der Waals surface area contributed by atoms with E-state index in [2.05, 4.69) is 39.3 Å². The van der Waals surface area contributed by atoms with Crippen molar-refractivity contribution in [3.63, 3.8) is 0 Å². The van der Waals surface area contributed by atoms with Crippen molar-refractivity contribution in [2.45, 2.75) is 58.5 Å². The van der Waals surface area contributed by atoms with Gasteiger partial charge in [-0.15, -0.1) is 0 Å². The fourth-order valence-corrected chi connectivity index (χ4v) is 3.94.